The zero-order valence-electron chi connectivity index (χ0n) is 19.2. The second kappa shape index (κ2) is 9.11. The first-order chi connectivity index (χ1) is 15.4. The highest BCUT2D eigenvalue weighted by Crippen LogP contribution is 2.61. The summed E-state index contributed by atoms with van der Waals surface area (Å²) in [6.45, 7) is 6.49. The van der Waals surface area contributed by atoms with Gasteiger partial charge in [0.05, 0.1) is 10.4 Å². The number of alkyl halides is 1. The maximum absolute atomic E-state index is 13.4. The highest BCUT2D eigenvalue weighted by molar-refractivity contribution is 7.16. The third-order valence-electron chi connectivity index (χ3n) is 8.87. The van der Waals surface area contributed by atoms with E-state index in [0.717, 1.165) is 67.1 Å². The van der Waals surface area contributed by atoms with Crippen LogP contribution in [0.3, 0.4) is 0 Å². The number of halogens is 2. The van der Waals surface area contributed by atoms with E-state index >= 15 is 0 Å². The number of hydrazone groups is 1. The first-order valence-corrected chi connectivity index (χ1v) is 14.1. The number of rotatable bonds is 8. The number of thiophene rings is 1. The molecule has 3 fully saturated rings. The van der Waals surface area contributed by atoms with Crippen LogP contribution in [0, 0.1) is 29.1 Å². The van der Waals surface area contributed by atoms with Crippen molar-refractivity contribution < 1.29 is 4.79 Å². The second-order valence-corrected chi connectivity index (χ2v) is 12.9. The predicted octanol–water partition coefficient (Wildman–Crippen LogP) is 6.27. The molecule has 32 heavy (non-hydrogen) atoms. The molecule has 0 aromatic carbocycles. The average molecular weight is 497 g/mol. The van der Waals surface area contributed by atoms with Gasteiger partial charge < -0.3 is 5.32 Å². The molecule has 0 radical (unpaired) electrons. The van der Waals surface area contributed by atoms with Crippen molar-refractivity contribution in [1.82, 2.24) is 10.3 Å². The van der Waals surface area contributed by atoms with Gasteiger partial charge in [0.25, 0.3) is 5.91 Å². The Hall–Kier alpha value is -0.780. The largest absolute Gasteiger partial charge is 0.351 e. The summed E-state index contributed by atoms with van der Waals surface area (Å²) >= 11 is 13.9. The molecule has 1 aromatic rings. The monoisotopic (exact) mass is 495 g/mol. The molecule has 0 saturated heterocycles. The Kier molecular flexibility index (Phi) is 6.54. The van der Waals surface area contributed by atoms with E-state index in [1.165, 1.54) is 29.7 Å². The van der Waals surface area contributed by atoms with E-state index in [9.17, 15) is 4.79 Å². The summed E-state index contributed by atoms with van der Waals surface area (Å²) in [4.78, 5) is 14.7. The van der Waals surface area contributed by atoms with E-state index in [1.54, 1.807) is 11.3 Å². The number of unbranched alkanes of at least 4 members (excludes halogenated alkanes) is 2. The van der Waals surface area contributed by atoms with Gasteiger partial charge in [0.1, 0.15) is 5.71 Å². The van der Waals surface area contributed by atoms with Gasteiger partial charge in [-0.3, -0.25) is 9.80 Å². The van der Waals surface area contributed by atoms with Gasteiger partial charge in [0, 0.05) is 29.8 Å². The van der Waals surface area contributed by atoms with Crippen molar-refractivity contribution in [2.24, 2.45) is 34.2 Å². The third-order valence-corrected chi connectivity index (χ3v) is 10.5. The van der Waals surface area contributed by atoms with Crippen molar-refractivity contribution in [3.8, 4) is 0 Å². The number of hydrogen-bond acceptors (Lipinski definition) is 4. The molecule has 1 N–H and O–H groups in total. The van der Waals surface area contributed by atoms with Gasteiger partial charge in [0.2, 0.25) is 0 Å². The summed E-state index contributed by atoms with van der Waals surface area (Å²) < 4.78 is 0.842. The second-order valence-electron chi connectivity index (χ2n) is 10.8. The SMILES string of the molecule is CC1(C)C2CCC(CNC(=O)C3=NN(CCCCCCl)C4c5sc(Cl)cc5CCC34)C1C2. The lowest BCUT2D eigenvalue weighted by Gasteiger charge is -2.60. The average Bonchev–Trinajstić information content (AvgIpc) is 3.34. The van der Waals surface area contributed by atoms with Crippen molar-refractivity contribution in [2.45, 2.75) is 71.3 Å². The molecule has 176 valence electrons. The molecule has 2 bridgehead atoms. The van der Waals surface area contributed by atoms with Crippen LogP contribution in [0.5, 0.6) is 0 Å². The summed E-state index contributed by atoms with van der Waals surface area (Å²) in [6, 6.07) is 2.27. The number of hydrogen-bond donors (Lipinski definition) is 1. The van der Waals surface area contributed by atoms with Gasteiger partial charge in [-0.15, -0.1) is 22.9 Å². The minimum absolute atomic E-state index is 0.0496. The number of aryl methyl sites for hydroxylation is 1. The molecule has 3 saturated carbocycles. The van der Waals surface area contributed by atoms with Crippen LogP contribution < -0.4 is 5.32 Å². The molecule has 1 amide bonds. The van der Waals surface area contributed by atoms with E-state index in [2.05, 4.69) is 30.2 Å². The molecule has 4 nitrogen and oxygen atoms in total. The van der Waals surface area contributed by atoms with Crippen LogP contribution in [0.15, 0.2) is 11.2 Å². The number of nitrogens with one attached hydrogen (secondary N) is 1. The predicted molar refractivity (Wildman–Crippen MR) is 134 cm³/mol. The Labute approximate surface area is 206 Å². The molecule has 2 heterocycles. The molecule has 5 unspecified atom stereocenters. The summed E-state index contributed by atoms with van der Waals surface area (Å²) in [7, 11) is 0. The molecule has 0 spiro atoms. The van der Waals surface area contributed by atoms with Crippen LogP contribution in [0.4, 0.5) is 0 Å². The maximum atomic E-state index is 13.4. The molecular formula is C25H35Cl2N3OS. The Morgan fingerprint density at radius 1 is 1.28 bits per heavy atom. The number of carbonyl (C=O) groups excluding carboxylic acids is 1. The van der Waals surface area contributed by atoms with Gasteiger partial charge in [-0.1, -0.05) is 31.9 Å². The van der Waals surface area contributed by atoms with Gasteiger partial charge in [-0.05, 0) is 79.7 Å². The Morgan fingerprint density at radius 3 is 2.88 bits per heavy atom. The maximum Gasteiger partial charge on any atom is 0.267 e. The standard InChI is InChI=1S/C25H35Cl2N3OS/c1-25(2)17-8-6-16(19(25)13-17)14-28-24(31)21-18-9-7-15-12-20(27)32-23(15)22(18)30(29-21)11-5-3-4-10-26/h12,16-19,22H,3-11,13-14H2,1-2H3,(H,28,31). The molecule has 1 aromatic heterocycles. The summed E-state index contributed by atoms with van der Waals surface area (Å²) in [5, 5.41) is 10.4. The Bertz CT molecular complexity index is 896. The van der Waals surface area contributed by atoms with Crippen molar-refractivity contribution in [1.29, 1.82) is 0 Å². The molecule has 1 aliphatic heterocycles. The fourth-order valence-electron chi connectivity index (χ4n) is 6.88. The van der Waals surface area contributed by atoms with Crippen LogP contribution in [-0.2, 0) is 11.2 Å². The summed E-state index contributed by atoms with van der Waals surface area (Å²) in [6.07, 6.45) is 9.01. The molecule has 4 aliphatic carbocycles. The quantitative estimate of drug-likeness (QED) is 0.340. The van der Waals surface area contributed by atoms with Crippen molar-refractivity contribution in [3.63, 3.8) is 0 Å². The lowest BCUT2D eigenvalue weighted by molar-refractivity contribution is -0.119. The van der Waals surface area contributed by atoms with Gasteiger partial charge in [-0.25, -0.2) is 0 Å². The van der Waals surface area contributed by atoms with Crippen LogP contribution >= 0.6 is 34.5 Å². The smallest absolute Gasteiger partial charge is 0.267 e. The van der Waals surface area contributed by atoms with E-state index < -0.39 is 0 Å². The normalized spacial score (nSPS) is 32.1. The van der Waals surface area contributed by atoms with Crippen molar-refractivity contribution >= 4 is 46.2 Å². The minimum Gasteiger partial charge on any atom is -0.351 e. The molecule has 7 heteroatoms. The number of nitrogens with zero attached hydrogens (tertiary/aromatic N) is 2. The first-order valence-electron chi connectivity index (χ1n) is 12.4. The van der Waals surface area contributed by atoms with Crippen LogP contribution in [-0.4, -0.2) is 35.6 Å². The Morgan fingerprint density at radius 2 is 2.12 bits per heavy atom. The Balaban J connectivity index is 1.28. The fourth-order valence-corrected chi connectivity index (χ4v) is 8.56. The summed E-state index contributed by atoms with van der Waals surface area (Å²) in [5.74, 6) is 3.17. The van der Waals surface area contributed by atoms with Gasteiger partial charge in [0.15, 0.2) is 0 Å². The lowest BCUT2D eigenvalue weighted by Crippen LogP contribution is -2.55. The van der Waals surface area contributed by atoms with E-state index in [1.807, 2.05) is 0 Å². The van der Waals surface area contributed by atoms with Crippen LogP contribution in [0.25, 0.3) is 0 Å². The third kappa shape index (κ3) is 4.01. The minimum atomic E-state index is 0.0496. The molecule has 6 rings (SSSR count). The molecule has 5 aliphatic rings. The highest BCUT2D eigenvalue weighted by Gasteiger charge is 2.54. The van der Waals surface area contributed by atoms with E-state index in [0.29, 0.717) is 17.2 Å². The van der Waals surface area contributed by atoms with Crippen LogP contribution in [0.1, 0.15) is 75.3 Å². The van der Waals surface area contributed by atoms with E-state index in [4.69, 9.17) is 28.3 Å². The van der Waals surface area contributed by atoms with Gasteiger partial charge >= 0.3 is 0 Å². The number of fused-ring (bicyclic) bond motifs is 5. The van der Waals surface area contributed by atoms with Crippen LogP contribution in [0.2, 0.25) is 4.34 Å². The van der Waals surface area contributed by atoms with Crippen molar-refractivity contribution in [3.05, 3.63) is 20.8 Å². The topological polar surface area (TPSA) is 44.7 Å². The number of amides is 1. The molecule has 5 atom stereocenters. The highest BCUT2D eigenvalue weighted by atomic mass is 35.5. The molecular weight excluding hydrogens is 461 g/mol. The fraction of sp³-hybridized carbons (Fsp3) is 0.760. The lowest BCUT2D eigenvalue weighted by atomic mass is 9.45. The summed E-state index contributed by atoms with van der Waals surface area (Å²) in [5.41, 5.74) is 2.53. The number of carbonyl (C=O) groups is 1. The zero-order valence-corrected chi connectivity index (χ0v) is 21.5. The van der Waals surface area contributed by atoms with E-state index in [-0.39, 0.29) is 17.9 Å². The van der Waals surface area contributed by atoms with Gasteiger partial charge in [-0.2, -0.15) is 5.10 Å². The van der Waals surface area contributed by atoms with Crippen molar-refractivity contribution in [2.75, 3.05) is 19.0 Å². The first kappa shape index (κ1) is 23.0. The zero-order chi connectivity index (χ0) is 22.5.